The number of hydrogen-bond donors (Lipinski definition) is 2. The SMILES string of the molecule is Cc1cc(C2Nc3cccc4cccc(c34)N2)c(C)n1-c1ccc(OC(F)F)cc1. The van der Waals surface area contributed by atoms with Crippen LogP contribution >= 0.6 is 0 Å². The van der Waals surface area contributed by atoms with Crippen molar-refractivity contribution in [3.8, 4) is 11.4 Å². The van der Waals surface area contributed by atoms with Gasteiger partial charge in [0.1, 0.15) is 11.9 Å². The predicted octanol–water partition coefficient (Wildman–Crippen LogP) is 6.38. The van der Waals surface area contributed by atoms with Crippen LogP contribution in [-0.2, 0) is 0 Å². The molecule has 1 aromatic heterocycles. The number of halogens is 2. The number of benzene rings is 3. The first-order chi connectivity index (χ1) is 14.5. The van der Waals surface area contributed by atoms with Crippen LogP contribution in [0.4, 0.5) is 20.2 Å². The zero-order chi connectivity index (χ0) is 20.8. The summed E-state index contributed by atoms with van der Waals surface area (Å²) in [5, 5.41) is 9.62. The van der Waals surface area contributed by atoms with Gasteiger partial charge >= 0.3 is 6.61 Å². The molecule has 0 spiro atoms. The van der Waals surface area contributed by atoms with Gasteiger partial charge in [0, 0.05) is 39.4 Å². The molecule has 3 aromatic carbocycles. The molecule has 1 aliphatic rings. The van der Waals surface area contributed by atoms with Crippen molar-refractivity contribution in [1.29, 1.82) is 0 Å². The highest BCUT2D eigenvalue weighted by Gasteiger charge is 2.24. The van der Waals surface area contributed by atoms with Gasteiger partial charge in [-0.2, -0.15) is 8.78 Å². The van der Waals surface area contributed by atoms with Gasteiger partial charge < -0.3 is 19.9 Å². The maximum absolute atomic E-state index is 12.4. The molecule has 0 saturated carbocycles. The molecular weight excluding hydrogens is 384 g/mol. The Morgan fingerprint density at radius 3 is 2.13 bits per heavy atom. The van der Waals surface area contributed by atoms with E-state index in [2.05, 4.69) is 69.3 Å². The third-order valence-corrected chi connectivity index (χ3v) is 5.61. The molecule has 1 aliphatic heterocycles. The second-order valence-corrected chi connectivity index (χ2v) is 7.47. The molecule has 4 nitrogen and oxygen atoms in total. The van der Waals surface area contributed by atoms with E-state index in [0.29, 0.717) is 0 Å². The molecule has 0 aliphatic carbocycles. The fraction of sp³-hybridized carbons (Fsp3) is 0.167. The lowest BCUT2D eigenvalue weighted by molar-refractivity contribution is -0.0498. The monoisotopic (exact) mass is 405 g/mol. The van der Waals surface area contributed by atoms with Gasteiger partial charge in [-0.25, -0.2) is 0 Å². The zero-order valence-corrected chi connectivity index (χ0v) is 16.6. The van der Waals surface area contributed by atoms with E-state index in [1.54, 1.807) is 24.3 Å². The highest BCUT2D eigenvalue weighted by Crippen LogP contribution is 2.39. The Hall–Kier alpha value is -3.54. The number of anilines is 2. The molecule has 4 aromatic rings. The molecule has 5 rings (SSSR count). The summed E-state index contributed by atoms with van der Waals surface area (Å²) in [6.07, 6.45) is -0.0770. The van der Waals surface area contributed by atoms with E-state index in [1.165, 1.54) is 10.8 Å². The van der Waals surface area contributed by atoms with Gasteiger partial charge in [-0.3, -0.25) is 0 Å². The number of rotatable bonds is 4. The van der Waals surface area contributed by atoms with Crippen molar-refractivity contribution >= 4 is 22.1 Å². The van der Waals surface area contributed by atoms with Crippen LogP contribution in [0.3, 0.4) is 0 Å². The summed E-state index contributed by atoms with van der Waals surface area (Å²) in [7, 11) is 0. The van der Waals surface area contributed by atoms with Crippen LogP contribution in [0.5, 0.6) is 5.75 Å². The molecule has 0 unspecified atom stereocenters. The van der Waals surface area contributed by atoms with Gasteiger partial charge in [0.15, 0.2) is 0 Å². The van der Waals surface area contributed by atoms with Crippen molar-refractivity contribution in [1.82, 2.24) is 4.57 Å². The normalized spacial score (nSPS) is 13.4. The van der Waals surface area contributed by atoms with E-state index in [-0.39, 0.29) is 11.9 Å². The molecule has 2 heterocycles. The summed E-state index contributed by atoms with van der Waals surface area (Å²) < 4.78 is 31.4. The molecule has 6 heteroatoms. The van der Waals surface area contributed by atoms with Crippen molar-refractivity contribution in [2.75, 3.05) is 10.6 Å². The lowest BCUT2D eigenvalue weighted by Gasteiger charge is -2.29. The highest BCUT2D eigenvalue weighted by molar-refractivity contribution is 6.04. The van der Waals surface area contributed by atoms with Crippen LogP contribution in [-0.4, -0.2) is 11.2 Å². The smallest absolute Gasteiger partial charge is 0.387 e. The van der Waals surface area contributed by atoms with E-state index < -0.39 is 6.61 Å². The second-order valence-electron chi connectivity index (χ2n) is 7.47. The van der Waals surface area contributed by atoms with Gasteiger partial charge in [0.05, 0.1) is 0 Å². The van der Waals surface area contributed by atoms with Gasteiger partial charge in [-0.15, -0.1) is 0 Å². The Morgan fingerprint density at radius 2 is 1.53 bits per heavy atom. The fourth-order valence-corrected chi connectivity index (χ4v) is 4.34. The number of aryl methyl sites for hydroxylation is 1. The Kier molecular flexibility index (Phi) is 4.35. The molecule has 0 radical (unpaired) electrons. The van der Waals surface area contributed by atoms with Crippen molar-refractivity contribution in [2.24, 2.45) is 0 Å². The molecule has 0 amide bonds. The zero-order valence-electron chi connectivity index (χ0n) is 16.6. The first-order valence-electron chi connectivity index (χ1n) is 9.80. The number of hydrogen-bond acceptors (Lipinski definition) is 3. The molecule has 0 bridgehead atoms. The Labute approximate surface area is 173 Å². The Bertz CT molecular complexity index is 1190. The molecule has 2 N–H and O–H groups in total. The third-order valence-electron chi connectivity index (χ3n) is 5.61. The minimum absolute atomic E-state index is 0.0770. The summed E-state index contributed by atoms with van der Waals surface area (Å²) >= 11 is 0. The first-order valence-corrected chi connectivity index (χ1v) is 9.80. The number of ether oxygens (including phenoxy) is 1. The maximum atomic E-state index is 12.4. The van der Waals surface area contributed by atoms with E-state index in [9.17, 15) is 8.78 Å². The minimum Gasteiger partial charge on any atom is -0.435 e. The lowest BCUT2D eigenvalue weighted by Crippen LogP contribution is -2.24. The first kappa shape index (κ1) is 18.5. The van der Waals surface area contributed by atoms with Crippen LogP contribution in [0, 0.1) is 13.8 Å². The van der Waals surface area contributed by atoms with Crippen LogP contribution in [0.1, 0.15) is 23.1 Å². The summed E-state index contributed by atoms with van der Waals surface area (Å²) in [4.78, 5) is 0. The fourth-order valence-electron chi connectivity index (χ4n) is 4.34. The lowest BCUT2D eigenvalue weighted by atomic mass is 10.0. The summed E-state index contributed by atoms with van der Waals surface area (Å²) in [6.45, 7) is 1.28. The number of alkyl halides is 2. The molecular formula is C24H21F2N3O. The molecule has 0 atom stereocenters. The van der Waals surface area contributed by atoms with Crippen molar-refractivity contribution in [3.63, 3.8) is 0 Å². The maximum Gasteiger partial charge on any atom is 0.387 e. The van der Waals surface area contributed by atoms with E-state index >= 15 is 0 Å². The highest BCUT2D eigenvalue weighted by atomic mass is 19.3. The predicted molar refractivity (Wildman–Crippen MR) is 116 cm³/mol. The van der Waals surface area contributed by atoms with Crippen LogP contribution in [0.2, 0.25) is 0 Å². The second kappa shape index (κ2) is 7.06. The minimum atomic E-state index is -2.83. The average molecular weight is 405 g/mol. The summed E-state index contributed by atoms with van der Waals surface area (Å²) in [5.41, 5.74) is 6.37. The van der Waals surface area contributed by atoms with Crippen molar-refractivity contribution in [3.05, 3.63) is 83.7 Å². The van der Waals surface area contributed by atoms with E-state index in [4.69, 9.17) is 0 Å². The molecule has 30 heavy (non-hydrogen) atoms. The molecule has 0 fully saturated rings. The quantitative estimate of drug-likeness (QED) is 0.413. The summed E-state index contributed by atoms with van der Waals surface area (Å²) in [5.74, 6) is 0.150. The van der Waals surface area contributed by atoms with E-state index in [1.807, 2.05) is 6.92 Å². The number of aromatic nitrogens is 1. The van der Waals surface area contributed by atoms with Crippen LogP contribution in [0.15, 0.2) is 66.7 Å². The largest absolute Gasteiger partial charge is 0.435 e. The van der Waals surface area contributed by atoms with Crippen molar-refractivity contribution < 1.29 is 13.5 Å². The van der Waals surface area contributed by atoms with Crippen LogP contribution in [0.25, 0.3) is 16.5 Å². The standard InChI is InChI=1S/C24H21F2N3O/c1-14-13-19(15(2)29(14)17-9-11-18(12-10-17)30-24(25)26)23-27-20-7-3-5-16-6-4-8-21(28-23)22(16)20/h3-13,23-24,27-28H,1-2H3. The topological polar surface area (TPSA) is 38.2 Å². The number of nitrogens with zero attached hydrogens (tertiary/aromatic N) is 1. The Balaban J connectivity index is 1.50. The molecule has 0 saturated heterocycles. The average Bonchev–Trinajstić information content (AvgIpc) is 3.03. The summed E-state index contributed by atoms with van der Waals surface area (Å²) in [6, 6.07) is 21.4. The van der Waals surface area contributed by atoms with Crippen LogP contribution < -0.4 is 15.4 Å². The Morgan fingerprint density at radius 1 is 0.900 bits per heavy atom. The molecule has 152 valence electrons. The van der Waals surface area contributed by atoms with Crippen molar-refractivity contribution in [2.45, 2.75) is 26.6 Å². The number of nitrogens with one attached hydrogen (secondary N) is 2. The van der Waals surface area contributed by atoms with E-state index in [0.717, 1.165) is 34.0 Å². The van der Waals surface area contributed by atoms with Gasteiger partial charge in [-0.1, -0.05) is 24.3 Å². The van der Waals surface area contributed by atoms with Gasteiger partial charge in [0.25, 0.3) is 0 Å². The van der Waals surface area contributed by atoms with Gasteiger partial charge in [-0.05, 0) is 61.7 Å². The van der Waals surface area contributed by atoms with Gasteiger partial charge in [0.2, 0.25) is 0 Å². The third kappa shape index (κ3) is 3.05.